The minimum atomic E-state index is -2.37. The standard InChI is InChI=1S/C41H50N6O11/c1-23-13-31(49)27-15-26-16-34(58-55-21-33(51)41(54,39(53)32(50)20-48)22-46-12-6-28-30(46)5-10-43-28)40(8-11-42-2,7-3-24-14-35(52)45-17-24)57-37(26)36(38(27)56-23)47-18-25-4-9-44-29(25)19-47/h4-6,9-10,12-13,15,18,24,30,32-34,39,42,48,50-51,53-54H,3,7-8,11,14,16-17,19-22H2,1-2H3,(H,45,52)/p+2. The Labute approximate surface area is 334 Å². The van der Waals surface area contributed by atoms with Crippen LogP contribution >= 0.6 is 0 Å². The Hall–Kier alpha value is -4.40. The molecule has 1 fully saturated rings. The van der Waals surface area contributed by atoms with E-state index in [4.69, 9.17) is 18.9 Å². The molecule has 10 atom stereocenters. The highest BCUT2D eigenvalue weighted by atomic mass is 17.2. The first-order valence-corrected chi connectivity index (χ1v) is 19.9. The van der Waals surface area contributed by atoms with Gasteiger partial charge in [0.05, 0.1) is 23.8 Å². The van der Waals surface area contributed by atoms with E-state index in [9.17, 15) is 35.1 Å². The molecule has 1 aromatic heterocycles. The molecule has 0 radical (unpaired) electrons. The lowest BCUT2D eigenvalue weighted by Gasteiger charge is -2.45. The van der Waals surface area contributed by atoms with Gasteiger partial charge >= 0.3 is 0 Å². The van der Waals surface area contributed by atoms with Crippen LogP contribution in [0.4, 0.5) is 5.69 Å². The number of ether oxygens (including phenoxy) is 1. The molecule has 10 unspecified atom stereocenters. The zero-order valence-electron chi connectivity index (χ0n) is 32.5. The van der Waals surface area contributed by atoms with Crippen LogP contribution in [0.15, 0.2) is 79.9 Å². The first-order valence-electron chi connectivity index (χ1n) is 19.9. The van der Waals surface area contributed by atoms with Crippen LogP contribution in [0.25, 0.3) is 11.0 Å². The van der Waals surface area contributed by atoms with Crippen LogP contribution in [0, 0.1) is 12.8 Å². The molecule has 1 aromatic carbocycles. The van der Waals surface area contributed by atoms with Crippen LogP contribution in [0.1, 0.15) is 37.0 Å². The van der Waals surface area contributed by atoms with Gasteiger partial charge in [0.2, 0.25) is 17.2 Å². The number of aliphatic hydroxyl groups excluding tert-OH is 4. The summed E-state index contributed by atoms with van der Waals surface area (Å²) in [6, 6.07) is 2.95. The minimum Gasteiger partial charge on any atom is -0.478 e. The summed E-state index contributed by atoms with van der Waals surface area (Å²) in [5.41, 5.74) is 0.734. The second-order valence-corrected chi connectivity index (χ2v) is 16.2. The number of hydrogen-bond acceptors (Lipinski definition) is 14. The van der Waals surface area contributed by atoms with Gasteiger partial charge in [0.15, 0.2) is 22.8 Å². The van der Waals surface area contributed by atoms with Crippen molar-refractivity contribution in [1.29, 1.82) is 0 Å². The topological polar surface area (TPSA) is 234 Å². The fraction of sp³-hybridized carbons (Fsp3) is 0.512. The number of carbonyl (C=O) groups is 1. The molecule has 9 N–H and O–H groups in total. The van der Waals surface area contributed by atoms with Gasteiger partial charge < -0.3 is 45.3 Å². The van der Waals surface area contributed by atoms with E-state index in [2.05, 4.69) is 20.6 Å². The normalized spacial score (nSPS) is 29.3. The number of nitrogens with one attached hydrogen (secondary N) is 4. The van der Waals surface area contributed by atoms with Crippen molar-refractivity contribution in [2.75, 3.05) is 46.4 Å². The number of hydrogen-bond donors (Lipinski definition) is 9. The van der Waals surface area contributed by atoms with E-state index in [1.807, 2.05) is 25.4 Å². The fourth-order valence-corrected chi connectivity index (χ4v) is 9.05. The van der Waals surface area contributed by atoms with Crippen LogP contribution in [-0.2, 0) is 21.0 Å². The molecule has 58 heavy (non-hydrogen) atoms. The maximum Gasteiger partial charge on any atom is 0.222 e. The minimum absolute atomic E-state index is 0.0126. The predicted octanol–water partition coefficient (Wildman–Crippen LogP) is -2.44. The summed E-state index contributed by atoms with van der Waals surface area (Å²) in [6.07, 6.45) is 8.46. The zero-order valence-corrected chi connectivity index (χ0v) is 32.5. The Bertz CT molecular complexity index is 2180. The van der Waals surface area contributed by atoms with Crippen molar-refractivity contribution in [3.8, 4) is 5.75 Å². The molecule has 17 heteroatoms. The summed E-state index contributed by atoms with van der Waals surface area (Å²) < 4.78 is 13.6. The first kappa shape index (κ1) is 40.4. The molecule has 1 saturated heterocycles. The van der Waals surface area contributed by atoms with Crippen molar-refractivity contribution < 1.29 is 59.1 Å². The summed E-state index contributed by atoms with van der Waals surface area (Å²) in [4.78, 5) is 48.2. The van der Waals surface area contributed by atoms with Crippen molar-refractivity contribution in [2.45, 2.75) is 80.7 Å². The monoisotopic (exact) mass is 804 g/mol. The Morgan fingerprint density at radius 1 is 1.14 bits per heavy atom. The molecule has 0 spiro atoms. The number of aryl methyl sites for hydroxylation is 1. The molecule has 0 saturated carbocycles. The number of quaternary nitrogens is 2. The highest BCUT2D eigenvalue weighted by Crippen LogP contribution is 2.46. The summed E-state index contributed by atoms with van der Waals surface area (Å²) in [5, 5.41) is 61.3. The average Bonchev–Trinajstić information content (AvgIpc) is 4.05. The van der Waals surface area contributed by atoms with Crippen LogP contribution in [0.5, 0.6) is 5.75 Å². The molecular formula is C41H52N6O11+2. The molecule has 2 aromatic rings. The third kappa shape index (κ3) is 7.51. The van der Waals surface area contributed by atoms with Crippen molar-refractivity contribution >= 4 is 34.0 Å². The quantitative estimate of drug-likeness (QED) is 0.0600. The number of allylic oxidation sites excluding steroid dienone is 1. The number of rotatable bonds is 17. The Kier molecular flexibility index (Phi) is 11.4. The number of benzene rings is 1. The lowest BCUT2D eigenvalue weighted by Crippen LogP contribution is -3.13. The van der Waals surface area contributed by atoms with Crippen molar-refractivity contribution in [3.63, 3.8) is 0 Å². The Morgan fingerprint density at radius 2 is 1.98 bits per heavy atom. The molecular weight excluding hydrogens is 752 g/mol. The van der Waals surface area contributed by atoms with E-state index in [0.717, 1.165) is 21.9 Å². The third-order valence-corrected chi connectivity index (χ3v) is 12.4. The molecule has 6 aliphatic heterocycles. The summed E-state index contributed by atoms with van der Waals surface area (Å²) in [7, 11) is 1.83. The summed E-state index contributed by atoms with van der Waals surface area (Å²) in [5.74, 6) is 1.05. The Balaban J connectivity index is 1.13. The van der Waals surface area contributed by atoms with Gasteiger partial charge in [-0.15, -0.1) is 0 Å². The molecule has 8 rings (SSSR count). The van der Waals surface area contributed by atoms with Crippen molar-refractivity contribution in [2.24, 2.45) is 15.9 Å². The number of carbonyl (C=O) groups excluding carboxylic acids is 1. The van der Waals surface area contributed by atoms with E-state index >= 15 is 0 Å². The maximum atomic E-state index is 13.5. The van der Waals surface area contributed by atoms with Gasteiger partial charge in [0, 0.05) is 55.9 Å². The van der Waals surface area contributed by atoms with E-state index in [-0.39, 0.29) is 36.3 Å². The van der Waals surface area contributed by atoms with E-state index in [1.165, 1.54) is 6.07 Å². The molecule has 1 amide bonds. The lowest BCUT2D eigenvalue weighted by atomic mass is 9.79. The van der Waals surface area contributed by atoms with Crippen molar-refractivity contribution in [3.05, 3.63) is 82.3 Å². The third-order valence-electron chi connectivity index (χ3n) is 12.4. The van der Waals surface area contributed by atoms with Gasteiger partial charge in [-0.25, -0.2) is 9.78 Å². The highest BCUT2D eigenvalue weighted by molar-refractivity contribution is 6.07. The fourth-order valence-electron chi connectivity index (χ4n) is 9.05. The van der Waals surface area contributed by atoms with Gasteiger partial charge in [0.1, 0.15) is 73.1 Å². The van der Waals surface area contributed by atoms with Crippen LogP contribution < -0.4 is 30.6 Å². The number of aliphatic imine (C=N–C) groups is 2. The average molecular weight is 805 g/mol. The maximum absolute atomic E-state index is 13.5. The summed E-state index contributed by atoms with van der Waals surface area (Å²) in [6.45, 7) is 1.52. The van der Waals surface area contributed by atoms with Crippen LogP contribution in [0.3, 0.4) is 0 Å². The van der Waals surface area contributed by atoms with Gasteiger partial charge in [-0.2, -0.15) is 0 Å². The second kappa shape index (κ2) is 16.3. The van der Waals surface area contributed by atoms with E-state index < -0.39 is 48.8 Å². The van der Waals surface area contributed by atoms with Crippen LogP contribution in [-0.4, -0.2) is 131 Å². The van der Waals surface area contributed by atoms with Gasteiger partial charge in [0.25, 0.3) is 0 Å². The number of fused-ring (bicyclic) bond motifs is 4. The number of nitrogens with zero attached hydrogens (tertiary/aromatic N) is 2. The second-order valence-electron chi connectivity index (χ2n) is 16.2. The lowest BCUT2D eigenvalue weighted by molar-refractivity contribution is -0.861. The SMILES string of the molecule is CNCCC1(CCC2CNC(=O)C2)Oc2c(cc3c(=O)cc(C)oc3c2[NH+]2C=C3C=CN=C3C2)CC1OOCC(O)C(O)(C[NH+]1C=CC2=NC=CC21)C(O)C(O)CO. The molecule has 7 heterocycles. The molecule has 310 valence electrons. The van der Waals surface area contributed by atoms with Crippen LogP contribution in [0.2, 0.25) is 0 Å². The molecule has 6 aliphatic rings. The largest absolute Gasteiger partial charge is 0.478 e. The Morgan fingerprint density at radius 3 is 2.74 bits per heavy atom. The molecule has 17 nitrogen and oxygen atoms in total. The van der Waals surface area contributed by atoms with E-state index in [1.54, 1.807) is 37.7 Å². The summed E-state index contributed by atoms with van der Waals surface area (Å²) >= 11 is 0. The highest BCUT2D eigenvalue weighted by Gasteiger charge is 2.53. The molecule has 0 bridgehead atoms. The van der Waals surface area contributed by atoms with E-state index in [0.29, 0.717) is 83.9 Å². The van der Waals surface area contributed by atoms with Gasteiger partial charge in [-0.1, -0.05) is 0 Å². The first-order chi connectivity index (χ1) is 27.9. The predicted molar refractivity (Wildman–Crippen MR) is 210 cm³/mol. The number of aliphatic hydroxyl groups is 5. The smallest absolute Gasteiger partial charge is 0.222 e. The zero-order chi connectivity index (χ0) is 40.8. The number of amides is 1. The van der Waals surface area contributed by atoms with Gasteiger partial charge in [-0.3, -0.25) is 29.4 Å². The molecule has 0 aliphatic carbocycles. The van der Waals surface area contributed by atoms with Crippen molar-refractivity contribution in [1.82, 2.24) is 10.6 Å². The van der Waals surface area contributed by atoms with Gasteiger partial charge in [-0.05, 0) is 57.5 Å².